The highest BCUT2D eigenvalue weighted by Crippen LogP contribution is 2.24. The van der Waals surface area contributed by atoms with E-state index < -0.39 is 16.1 Å². The Hall–Kier alpha value is -2.43. The number of pyridine rings is 1. The molecule has 2 amide bonds. The summed E-state index contributed by atoms with van der Waals surface area (Å²) in [5.41, 5.74) is 0.743. The average Bonchev–Trinajstić information content (AvgIpc) is 2.86. The summed E-state index contributed by atoms with van der Waals surface area (Å²) in [6.07, 6.45) is 4.97. The lowest BCUT2D eigenvalue weighted by atomic mass is 9.96. The Bertz CT molecular complexity index is 1010. The zero-order valence-electron chi connectivity index (χ0n) is 18.6. The van der Waals surface area contributed by atoms with E-state index in [1.54, 1.807) is 48.3 Å². The average molecular weight is 491 g/mol. The molecule has 1 saturated heterocycles. The number of thioether (sulfide) groups is 1. The number of nitrogens with one attached hydrogen (secondary N) is 2. The summed E-state index contributed by atoms with van der Waals surface area (Å²) in [5, 5.41) is 5.74. The Morgan fingerprint density at radius 3 is 2.45 bits per heavy atom. The first kappa shape index (κ1) is 25.2. The van der Waals surface area contributed by atoms with Crippen molar-refractivity contribution in [3.63, 3.8) is 0 Å². The van der Waals surface area contributed by atoms with Gasteiger partial charge in [0.25, 0.3) is 0 Å². The van der Waals surface area contributed by atoms with E-state index in [-0.39, 0.29) is 35.7 Å². The fraction of sp³-hybridized carbons (Fsp3) is 0.435. The van der Waals surface area contributed by atoms with E-state index in [4.69, 9.17) is 0 Å². The largest absolute Gasteiger partial charge is 0.349 e. The van der Waals surface area contributed by atoms with Gasteiger partial charge in [0, 0.05) is 25.2 Å². The summed E-state index contributed by atoms with van der Waals surface area (Å²) >= 11 is 1.61. The lowest BCUT2D eigenvalue weighted by molar-refractivity contribution is -0.132. The van der Waals surface area contributed by atoms with Crippen LogP contribution in [0, 0.1) is 5.92 Å². The lowest BCUT2D eigenvalue weighted by Crippen LogP contribution is -2.50. The predicted octanol–water partition coefficient (Wildman–Crippen LogP) is 2.04. The number of amides is 2. The number of nitrogens with zero attached hydrogens (tertiary/aromatic N) is 2. The van der Waals surface area contributed by atoms with Crippen LogP contribution in [0.15, 0.2) is 59.6 Å². The molecule has 0 bridgehead atoms. The number of carbonyl (C=O) groups excluding carboxylic acids is 2. The van der Waals surface area contributed by atoms with E-state index in [0.717, 1.165) is 11.4 Å². The van der Waals surface area contributed by atoms with Gasteiger partial charge in [0.05, 0.1) is 17.1 Å². The number of hydrogen-bond donors (Lipinski definition) is 2. The van der Waals surface area contributed by atoms with Crippen LogP contribution in [-0.4, -0.2) is 60.7 Å². The highest BCUT2D eigenvalue weighted by atomic mass is 32.2. The number of carbonyl (C=O) groups is 2. The van der Waals surface area contributed by atoms with Crippen molar-refractivity contribution in [2.75, 3.05) is 25.1 Å². The SMILES string of the molecule is CSCC[C@@H](NC(=O)C1CCN(S(=O)(=O)c2ccccc2)CC1)C(=O)NCc1ccccn1. The van der Waals surface area contributed by atoms with Crippen molar-refractivity contribution in [3.8, 4) is 0 Å². The van der Waals surface area contributed by atoms with Crippen LogP contribution >= 0.6 is 11.8 Å². The van der Waals surface area contributed by atoms with Gasteiger partial charge >= 0.3 is 0 Å². The summed E-state index contributed by atoms with van der Waals surface area (Å²) in [6.45, 7) is 0.842. The van der Waals surface area contributed by atoms with Crippen molar-refractivity contribution < 1.29 is 18.0 Å². The second-order valence-electron chi connectivity index (χ2n) is 7.87. The fourth-order valence-electron chi connectivity index (χ4n) is 3.70. The molecule has 0 aliphatic carbocycles. The number of hydrogen-bond acceptors (Lipinski definition) is 6. The molecule has 0 radical (unpaired) electrons. The molecule has 1 aromatic carbocycles. The fourth-order valence-corrected chi connectivity index (χ4v) is 5.66. The first-order valence-electron chi connectivity index (χ1n) is 10.9. The maximum absolute atomic E-state index is 12.9. The van der Waals surface area contributed by atoms with E-state index in [1.807, 2.05) is 24.5 Å². The molecule has 0 saturated carbocycles. The van der Waals surface area contributed by atoms with Gasteiger partial charge in [-0.2, -0.15) is 16.1 Å². The van der Waals surface area contributed by atoms with Gasteiger partial charge in [-0.25, -0.2) is 8.42 Å². The molecule has 8 nitrogen and oxygen atoms in total. The Morgan fingerprint density at radius 1 is 1.12 bits per heavy atom. The minimum atomic E-state index is -3.56. The Labute approximate surface area is 199 Å². The molecule has 1 atom stereocenters. The van der Waals surface area contributed by atoms with E-state index >= 15 is 0 Å². The van der Waals surface area contributed by atoms with Crippen LogP contribution in [0.25, 0.3) is 0 Å². The third-order valence-corrected chi connectivity index (χ3v) is 8.18. The first-order valence-corrected chi connectivity index (χ1v) is 13.8. The smallest absolute Gasteiger partial charge is 0.243 e. The third kappa shape index (κ3) is 7.02. The minimum absolute atomic E-state index is 0.203. The van der Waals surface area contributed by atoms with E-state index in [1.165, 1.54) is 4.31 Å². The zero-order valence-corrected chi connectivity index (χ0v) is 20.3. The van der Waals surface area contributed by atoms with Crippen LogP contribution < -0.4 is 10.6 Å². The number of aromatic nitrogens is 1. The van der Waals surface area contributed by atoms with Gasteiger partial charge in [0.2, 0.25) is 21.8 Å². The van der Waals surface area contributed by atoms with Crippen LogP contribution in [0.4, 0.5) is 0 Å². The van der Waals surface area contributed by atoms with Gasteiger partial charge < -0.3 is 10.6 Å². The number of sulfonamides is 1. The minimum Gasteiger partial charge on any atom is -0.349 e. The molecular weight excluding hydrogens is 460 g/mol. The second-order valence-corrected chi connectivity index (χ2v) is 10.8. The number of piperidine rings is 1. The first-order chi connectivity index (χ1) is 15.9. The van der Waals surface area contributed by atoms with E-state index in [2.05, 4.69) is 15.6 Å². The molecule has 0 spiro atoms. The van der Waals surface area contributed by atoms with Crippen LogP contribution in [-0.2, 0) is 26.2 Å². The van der Waals surface area contributed by atoms with Gasteiger partial charge in [-0.1, -0.05) is 24.3 Å². The lowest BCUT2D eigenvalue weighted by Gasteiger charge is -2.31. The molecule has 2 N–H and O–H groups in total. The second kappa shape index (κ2) is 12.2. The molecule has 33 heavy (non-hydrogen) atoms. The summed E-state index contributed by atoms with van der Waals surface area (Å²) in [6, 6.07) is 13.2. The van der Waals surface area contributed by atoms with E-state index in [0.29, 0.717) is 25.8 Å². The van der Waals surface area contributed by atoms with Crippen molar-refractivity contribution in [3.05, 3.63) is 60.4 Å². The summed E-state index contributed by atoms with van der Waals surface area (Å²) < 4.78 is 27.0. The van der Waals surface area contributed by atoms with Crippen molar-refractivity contribution in [1.29, 1.82) is 0 Å². The summed E-state index contributed by atoms with van der Waals surface area (Å²) in [4.78, 5) is 30.1. The van der Waals surface area contributed by atoms with Gasteiger partial charge in [-0.15, -0.1) is 0 Å². The topological polar surface area (TPSA) is 108 Å². The highest BCUT2D eigenvalue weighted by Gasteiger charge is 2.33. The monoisotopic (exact) mass is 490 g/mol. The predicted molar refractivity (Wildman–Crippen MR) is 129 cm³/mol. The maximum atomic E-state index is 12.9. The van der Waals surface area contributed by atoms with Crippen LogP contribution in [0.2, 0.25) is 0 Å². The Balaban J connectivity index is 1.55. The molecule has 10 heteroatoms. The Kier molecular flexibility index (Phi) is 9.28. The van der Waals surface area contributed by atoms with Gasteiger partial charge in [0.15, 0.2) is 0 Å². The molecule has 3 rings (SSSR count). The van der Waals surface area contributed by atoms with Gasteiger partial charge in [-0.3, -0.25) is 14.6 Å². The standard InChI is InChI=1S/C23H30N4O4S2/c1-32-16-12-21(23(29)25-17-19-7-5-6-13-24-19)26-22(28)18-10-14-27(15-11-18)33(30,31)20-8-3-2-4-9-20/h2-9,13,18,21H,10-12,14-17H2,1H3,(H,25,29)(H,26,28)/t21-/m1/s1. The number of rotatable bonds is 10. The molecule has 2 aromatic rings. The maximum Gasteiger partial charge on any atom is 0.243 e. The van der Waals surface area contributed by atoms with Crippen LogP contribution in [0.3, 0.4) is 0 Å². The van der Waals surface area contributed by atoms with Crippen molar-refractivity contribution >= 4 is 33.6 Å². The van der Waals surface area contributed by atoms with Gasteiger partial charge in [-0.05, 0) is 55.5 Å². The molecule has 1 fully saturated rings. The van der Waals surface area contributed by atoms with Gasteiger partial charge in [0.1, 0.15) is 6.04 Å². The van der Waals surface area contributed by atoms with Crippen LogP contribution in [0.5, 0.6) is 0 Å². The van der Waals surface area contributed by atoms with E-state index in [9.17, 15) is 18.0 Å². The van der Waals surface area contributed by atoms with Crippen LogP contribution in [0.1, 0.15) is 25.0 Å². The van der Waals surface area contributed by atoms with Crippen molar-refractivity contribution in [2.45, 2.75) is 36.7 Å². The third-order valence-electron chi connectivity index (χ3n) is 5.62. The molecule has 1 aliphatic heterocycles. The highest BCUT2D eigenvalue weighted by molar-refractivity contribution is 7.98. The molecule has 1 aliphatic rings. The molecule has 178 valence electrons. The molecule has 1 aromatic heterocycles. The van der Waals surface area contributed by atoms with Crippen molar-refractivity contribution in [2.24, 2.45) is 5.92 Å². The summed E-state index contributed by atoms with van der Waals surface area (Å²) in [5.74, 6) is -0.0407. The van der Waals surface area contributed by atoms with Crippen molar-refractivity contribution in [1.82, 2.24) is 19.9 Å². The molecule has 2 heterocycles. The molecule has 0 unspecified atom stereocenters. The zero-order chi connectivity index (χ0) is 23.7. The quantitative estimate of drug-likeness (QED) is 0.528. The summed E-state index contributed by atoms with van der Waals surface area (Å²) in [7, 11) is -3.56. The normalized spacial score (nSPS) is 16.2. The molecular formula is C23H30N4O4S2. The Morgan fingerprint density at radius 2 is 1.82 bits per heavy atom. The number of benzene rings is 1.